The summed E-state index contributed by atoms with van der Waals surface area (Å²) in [5.74, 6) is 0.704. The Morgan fingerprint density at radius 3 is 2.73 bits per heavy atom. The summed E-state index contributed by atoms with van der Waals surface area (Å²) < 4.78 is 15.1. The summed E-state index contributed by atoms with van der Waals surface area (Å²) in [6.45, 7) is 1.84. The number of aromatic amines is 1. The predicted octanol–water partition coefficient (Wildman–Crippen LogP) is 4.64. The molecule has 1 aromatic carbocycles. The quantitative estimate of drug-likeness (QED) is 0.361. The lowest BCUT2D eigenvalue weighted by Crippen LogP contribution is -2.14. The molecular formula is C23H19ClFN7O. The van der Waals surface area contributed by atoms with E-state index < -0.39 is 5.91 Å². The molecule has 0 aliphatic carbocycles. The number of pyridine rings is 1. The fraction of sp³-hybridized carbons (Fsp3) is 0.0870. The number of aryl methyl sites for hydroxylation is 1. The number of anilines is 1. The molecule has 8 nitrogen and oxygen atoms in total. The Labute approximate surface area is 193 Å². The maximum atomic E-state index is 13.3. The van der Waals surface area contributed by atoms with Crippen molar-refractivity contribution in [3.05, 3.63) is 88.7 Å². The van der Waals surface area contributed by atoms with Crippen LogP contribution >= 0.6 is 11.6 Å². The number of halogens is 2. The number of carbonyl (C=O) groups is 1. The lowest BCUT2D eigenvalue weighted by atomic mass is 10.1. The Hall–Kier alpha value is -4.11. The van der Waals surface area contributed by atoms with Crippen molar-refractivity contribution < 1.29 is 9.18 Å². The Kier molecular flexibility index (Phi) is 6.14. The number of hydrogen-bond donors (Lipinski definition) is 3. The van der Waals surface area contributed by atoms with E-state index in [1.165, 1.54) is 24.5 Å². The van der Waals surface area contributed by atoms with Crippen LogP contribution in [0.2, 0.25) is 5.02 Å². The topological polar surface area (TPSA) is 112 Å². The number of imidazole rings is 2. The van der Waals surface area contributed by atoms with Crippen molar-refractivity contribution in [2.45, 2.75) is 6.92 Å². The average Bonchev–Trinajstić information content (AvgIpc) is 3.36. The van der Waals surface area contributed by atoms with Gasteiger partial charge >= 0.3 is 0 Å². The van der Waals surface area contributed by atoms with Gasteiger partial charge in [0.15, 0.2) is 0 Å². The minimum Gasteiger partial charge on any atom is -0.330 e. The molecule has 0 radical (unpaired) electrons. The number of nitrogens with zero attached hydrogens (tertiary/aromatic N) is 4. The van der Waals surface area contributed by atoms with Crippen LogP contribution in [0.1, 0.15) is 27.8 Å². The number of benzene rings is 1. The summed E-state index contributed by atoms with van der Waals surface area (Å²) in [4.78, 5) is 28.0. The molecule has 0 aliphatic rings. The molecule has 0 unspecified atom stereocenters. The highest BCUT2D eigenvalue weighted by Gasteiger charge is 2.17. The van der Waals surface area contributed by atoms with Gasteiger partial charge in [-0.25, -0.2) is 19.3 Å². The van der Waals surface area contributed by atoms with Crippen LogP contribution in [0, 0.1) is 18.2 Å². The Balaban J connectivity index is 1.52. The molecule has 10 heteroatoms. The summed E-state index contributed by atoms with van der Waals surface area (Å²) in [6, 6.07) is 9.20. The molecule has 0 saturated heterocycles. The van der Waals surface area contributed by atoms with Crippen molar-refractivity contribution in [3.63, 3.8) is 0 Å². The number of nitrogens with one attached hydrogen (secondary N) is 3. The van der Waals surface area contributed by atoms with Gasteiger partial charge in [-0.1, -0.05) is 11.6 Å². The first kappa shape index (κ1) is 22.1. The molecule has 0 saturated carbocycles. The summed E-state index contributed by atoms with van der Waals surface area (Å²) in [6.07, 6.45) is 6.12. The third-order valence-corrected chi connectivity index (χ3v) is 5.22. The average molecular weight is 464 g/mol. The van der Waals surface area contributed by atoms with Crippen molar-refractivity contribution in [2.24, 2.45) is 7.05 Å². The highest BCUT2D eigenvalue weighted by Crippen LogP contribution is 2.25. The largest absolute Gasteiger partial charge is 0.330 e. The molecular weight excluding hydrogens is 445 g/mol. The second-order valence-corrected chi connectivity index (χ2v) is 7.55. The number of allylic oxidation sites excluding steroid dienone is 1. The van der Waals surface area contributed by atoms with Crippen molar-refractivity contribution in [2.75, 3.05) is 5.32 Å². The van der Waals surface area contributed by atoms with Gasteiger partial charge in [0.25, 0.3) is 5.91 Å². The van der Waals surface area contributed by atoms with E-state index in [1.807, 2.05) is 14.0 Å². The van der Waals surface area contributed by atoms with Crippen LogP contribution in [0.25, 0.3) is 17.3 Å². The molecule has 0 bridgehead atoms. The van der Waals surface area contributed by atoms with Crippen LogP contribution in [-0.4, -0.2) is 36.1 Å². The fourth-order valence-electron chi connectivity index (χ4n) is 3.19. The van der Waals surface area contributed by atoms with Gasteiger partial charge in [-0.15, -0.1) is 0 Å². The van der Waals surface area contributed by atoms with Gasteiger partial charge in [-0.05, 0) is 55.5 Å². The molecule has 33 heavy (non-hydrogen) atoms. The van der Waals surface area contributed by atoms with E-state index in [2.05, 4.69) is 25.3 Å². The van der Waals surface area contributed by atoms with Crippen LogP contribution < -0.4 is 5.32 Å². The molecule has 3 aromatic heterocycles. The Morgan fingerprint density at radius 1 is 1.24 bits per heavy atom. The summed E-state index contributed by atoms with van der Waals surface area (Å²) in [5.41, 5.74) is 2.18. The van der Waals surface area contributed by atoms with E-state index in [1.54, 1.807) is 41.0 Å². The minimum atomic E-state index is -0.471. The van der Waals surface area contributed by atoms with Crippen LogP contribution in [0.4, 0.5) is 10.2 Å². The number of aromatic nitrogens is 5. The van der Waals surface area contributed by atoms with Crippen molar-refractivity contribution in [1.29, 1.82) is 5.41 Å². The first-order valence-corrected chi connectivity index (χ1v) is 10.2. The van der Waals surface area contributed by atoms with Gasteiger partial charge in [-0.3, -0.25) is 10.2 Å². The molecule has 166 valence electrons. The lowest BCUT2D eigenvalue weighted by molar-refractivity contribution is 0.102. The normalized spacial score (nSPS) is 11.2. The van der Waals surface area contributed by atoms with E-state index in [0.29, 0.717) is 28.6 Å². The highest BCUT2D eigenvalue weighted by molar-refractivity contribution is 6.34. The van der Waals surface area contributed by atoms with E-state index in [9.17, 15) is 9.18 Å². The summed E-state index contributed by atoms with van der Waals surface area (Å²) in [7, 11) is 1.82. The Bertz CT molecular complexity index is 1370. The zero-order valence-corrected chi connectivity index (χ0v) is 18.5. The molecule has 0 spiro atoms. The molecule has 0 fully saturated rings. The smallest absolute Gasteiger partial charge is 0.276 e. The zero-order chi connectivity index (χ0) is 23.5. The summed E-state index contributed by atoms with van der Waals surface area (Å²) in [5, 5.41) is 11.5. The van der Waals surface area contributed by atoms with E-state index in [0.717, 1.165) is 5.82 Å². The maximum absolute atomic E-state index is 13.3. The van der Waals surface area contributed by atoms with Gasteiger partial charge in [0.2, 0.25) is 0 Å². The molecule has 3 N–H and O–H groups in total. The maximum Gasteiger partial charge on any atom is 0.276 e. The van der Waals surface area contributed by atoms with E-state index >= 15 is 0 Å². The summed E-state index contributed by atoms with van der Waals surface area (Å²) >= 11 is 6.00. The van der Waals surface area contributed by atoms with Crippen molar-refractivity contribution >= 4 is 35.1 Å². The third kappa shape index (κ3) is 4.73. The highest BCUT2D eigenvalue weighted by atomic mass is 35.5. The van der Waals surface area contributed by atoms with Gasteiger partial charge in [0, 0.05) is 18.8 Å². The number of hydrogen-bond acceptors (Lipinski definition) is 5. The van der Waals surface area contributed by atoms with Gasteiger partial charge in [0.05, 0.1) is 28.3 Å². The van der Waals surface area contributed by atoms with E-state index in [-0.39, 0.29) is 22.2 Å². The van der Waals surface area contributed by atoms with Crippen molar-refractivity contribution in [3.8, 4) is 11.3 Å². The second kappa shape index (κ2) is 9.17. The minimum absolute atomic E-state index is 0.104. The van der Waals surface area contributed by atoms with Crippen LogP contribution in [0.5, 0.6) is 0 Å². The SMILES string of the molecule is Cc1nc(-c2ccc(F)cc2)c(C(=N)/C=C\c2ncc(NC(=O)c3ncccc3Cl)[nH]2)n1C. The van der Waals surface area contributed by atoms with Crippen LogP contribution in [-0.2, 0) is 7.05 Å². The molecule has 3 heterocycles. The number of amides is 1. The predicted molar refractivity (Wildman–Crippen MR) is 125 cm³/mol. The van der Waals surface area contributed by atoms with Gasteiger partial charge < -0.3 is 14.9 Å². The Morgan fingerprint density at radius 2 is 2.00 bits per heavy atom. The molecule has 4 aromatic rings. The standard InChI is InChI=1S/C23H19ClFN7O/c1-13-29-20(14-5-7-15(25)8-6-14)22(32(13)2)17(26)9-10-18-28-12-19(30-18)31-23(33)21-16(24)4-3-11-27-21/h3-12,26H,1-2H3,(H,28,30)(H,31,33)/b10-9-,26-17?. The van der Waals surface area contributed by atoms with Gasteiger partial charge in [0.1, 0.15) is 29.0 Å². The monoisotopic (exact) mass is 463 g/mol. The number of carbonyl (C=O) groups excluding carboxylic acids is 1. The molecule has 0 atom stereocenters. The second-order valence-electron chi connectivity index (χ2n) is 7.14. The zero-order valence-electron chi connectivity index (χ0n) is 17.7. The third-order valence-electron chi connectivity index (χ3n) is 4.92. The van der Waals surface area contributed by atoms with Crippen LogP contribution in [0.15, 0.2) is 54.9 Å². The fourth-order valence-corrected chi connectivity index (χ4v) is 3.40. The molecule has 1 amide bonds. The first-order chi connectivity index (χ1) is 15.8. The number of rotatable bonds is 6. The van der Waals surface area contributed by atoms with Crippen molar-refractivity contribution in [1.82, 2.24) is 24.5 Å². The first-order valence-electron chi connectivity index (χ1n) is 9.86. The number of H-pyrrole nitrogens is 1. The molecule has 4 rings (SSSR count). The lowest BCUT2D eigenvalue weighted by Gasteiger charge is -2.05. The van der Waals surface area contributed by atoms with Gasteiger partial charge in [-0.2, -0.15) is 0 Å². The molecule has 0 aliphatic heterocycles. The van der Waals surface area contributed by atoms with E-state index in [4.69, 9.17) is 17.0 Å². The van der Waals surface area contributed by atoms with Crippen LogP contribution in [0.3, 0.4) is 0 Å².